The van der Waals surface area contributed by atoms with E-state index in [0.717, 1.165) is 5.56 Å². The highest BCUT2D eigenvalue weighted by molar-refractivity contribution is 5.95. The quantitative estimate of drug-likeness (QED) is 0.412. The maximum absolute atomic E-state index is 13.0. The summed E-state index contributed by atoms with van der Waals surface area (Å²) < 4.78 is 14.6. The normalized spacial score (nSPS) is 10.8. The number of Topliss-reactive ketones (excluding diaryl/α,β-unsaturated/α-hetero) is 1. The smallest absolute Gasteiger partial charge is 0.224 e. The van der Waals surface area contributed by atoms with Gasteiger partial charge in [0.05, 0.1) is 0 Å². The van der Waals surface area contributed by atoms with Crippen LogP contribution < -0.4 is 10.6 Å². The molecule has 0 atom stereocenters. The van der Waals surface area contributed by atoms with E-state index in [1.165, 1.54) is 19.1 Å². The average molecular weight is 432 g/mol. The van der Waals surface area contributed by atoms with Crippen molar-refractivity contribution < 1.29 is 14.0 Å². The first-order valence-electron chi connectivity index (χ1n) is 10.1. The Hall–Kier alpha value is -4.14. The van der Waals surface area contributed by atoms with Crippen molar-refractivity contribution in [1.29, 1.82) is 0 Å². The third kappa shape index (κ3) is 5.12. The fourth-order valence-corrected chi connectivity index (χ4v) is 3.12. The Labute approximate surface area is 183 Å². The van der Waals surface area contributed by atoms with Crippen LogP contribution in [0.25, 0.3) is 5.65 Å². The first-order chi connectivity index (χ1) is 15.5. The van der Waals surface area contributed by atoms with Gasteiger partial charge >= 0.3 is 0 Å². The summed E-state index contributed by atoms with van der Waals surface area (Å²) >= 11 is 0. The molecule has 0 radical (unpaired) electrons. The molecular formula is C23H21FN6O2. The molecule has 4 aromatic rings. The molecule has 0 saturated heterocycles. The Morgan fingerprint density at radius 3 is 2.44 bits per heavy atom. The Morgan fingerprint density at radius 1 is 0.969 bits per heavy atom. The second-order valence-electron chi connectivity index (χ2n) is 7.27. The SMILES string of the molecule is CC(=O)c1ccc(NC(=O)CCc2nnc3ccc(NCc4ccc(F)cc4)nn23)cc1. The van der Waals surface area contributed by atoms with Crippen LogP contribution in [0.4, 0.5) is 15.9 Å². The lowest BCUT2D eigenvalue weighted by atomic mass is 10.1. The zero-order valence-electron chi connectivity index (χ0n) is 17.4. The van der Waals surface area contributed by atoms with E-state index in [4.69, 9.17) is 0 Å². The minimum Gasteiger partial charge on any atom is -0.365 e. The van der Waals surface area contributed by atoms with E-state index in [0.29, 0.717) is 41.5 Å². The van der Waals surface area contributed by atoms with Crippen molar-refractivity contribution in [3.8, 4) is 0 Å². The fourth-order valence-electron chi connectivity index (χ4n) is 3.12. The van der Waals surface area contributed by atoms with E-state index in [2.05, 4.69) is 25.9 Å². The van der Waals surface area contributed by atoms with Crippen LogP contribution in [-0.4, -0.2) is 31.5 Å². The van der Waals surface area contributed by atoms with Crippen LogP contribution in [0.1, 0.15) is 35.1 Å². The number of nitrogens with zero attached hydrogens (tertiary/aromatic N) is 4. The number of hydrogen-bond acceptors (Lipinski definition) is 6. The van der Waals surface area contributed by atoms with Gasteiger partial charge in [0.2, 0.25) is 5.91 Å². The van der Waals surface area contributed by atoms with E-state index >= 15 is 0 Å². The first-order valence-corrected chi connectivity index (χ1v) is 10.1. The largest absolute Gasteiger partial charge is 0.365 e. The van der Waals surface area contributed by atoms with Crippen molar-refractivity contribution in [3.05, 3.63) is 83.4 Å². The topological polar surface area (TPSA) is 101 Å². The van der Waals surface area contributed by atoms with Crippen molar-refractivity contribution in [2.24, 2.45) is 0 Å². The third-order valence-electron chi connectivity index (χ3n) is 4.87. The minimum absolute atomic E-state index is 0.0272. The van der Waals surface area contributed by atoms with Crippen molar-refractivity contribution in [2.75, 3.05) is 10.6 Å². The van der Waals surface area contributed by atoms with Gasteiger partial charge in [0.25, 0.3) is 0 Å². The van der Waals surface area contributed by atoms with Crippen molar-refractivity contribution in [3.63, 3.8) is 0 Å². The molecule has 2 heterocycles. The average Bonchev–Trinajstić information content (AvgIpc) is 3.20. The van der Waals surface area contributed by atoms with Crippen LogP contribution in [0.3, 0.4) is 0 Å². The number of carbonyl (C=O) groups is 2. The standard InChI is InChI=1S/C23H21FN6O2/c1-15(31)17-4-8-19(9-5-17)26-23(32)13-12-22-28-27-21-11-10-20(29-30(21)22)25-14-16-2-6-18(24)7-3-16/h2-11H,12-14H2,1H3,(H,25,29)(H,26,32). The minimum atomic E-state index is -0.278. The van der Waals surface area contributed by atoms with Gasteiger partial charge in [0, 0.05) is 30.6 Å². The summed E-state index contributed by atoms with van der Waals surface area (Å²) in [6.07, 6.45) is 0.553. The number of benzene rings is 2. The summed E-state index contributed by atoms with van der Waals surface area (Å²) in [5, 5.41) is 18.7. The molecule has 0 aliphatic carbocycles. The molecule has 32 heavy (non-hydrogen) atoms. The lowest BCUT2D eigenvalue weighted by Gasteiger charge is -2.07. The highest BCUT2D eigenvalue weighted by Gasteiger charge is 2.11. The monoisotopic (exact) mass is 432 g/mol. The highest BCUT2D eigenvalue weighted by Crippen LogP contribution is 2.13. The molecular weight excluding hydrogens is 411 g/mol. The number of fused-ring (bicyclic) bond motifs is 1. The van der Waals surface area contributed by atoms with Gasteiger partial charge in [-0.25, -0.2) is 4.39 Å². The summed E-state index contributed by atoms with van der Waals surface area (Å²) in [5.41, 5.74) is 2.71. The number of ketones is 1. The second kappa shape index (κ2) is 9.34. The molecule has 4 rings (SSSR count). The van der Waals surface area contributed by atoms with E-state index in [1.807, 2.05) is 0 Å². The number of aromatic nitrogens is 4. The van der Waals surface area contributed by atoms with Gasteiger partial charge in [-0.05, 0) is 61.0 Å². The molecule has 0 unspecified atom stereocenters. The number of amides is 1. The van der Waals surface area contributed by atoms with Crippen molar-refractivity contribution in [2.45, 2.75) is 26.3 Å². The van der Waals surface area contributed by atoms with Crippen LogP contribution in [-0.2, 0) is 17.8 Å². The van der Waals surface area contributed by atoms with Crippen LogP contribution >= 0.6 is 0 Å². The number of anilines is 2. The Kier molecular flexibility index (Phi) is 6.16. The summed E-state index contributed by atoms with van der Waals surface area (Å²) in [6.45, 7) is 1.98. The number of aryl methyl sites for hydroxylation is 1. The van der Waals surface area contributed by atoms with Gasteiger partial charge < -0.3 is 10.6 Å². The predicted molar refractivity (Wildman–Crippen MR) is 118 cm³/mol. The molecule has 2 aromatic carbocycles. The van der Waals surface area contributed by atoms with Crippen LogP contribution in [0, 0.1) is 5.82 Å². The van der Waals surface area contributed by atoms with Gasteiger partial charge in [-0.3, -0.25) is 9.59 Å². The van der Waals surface area contributed by atoms with E-state index in [9.17, 15) is 14.0 Å². The molecule has 0 aliphatic heterocycles. The van der Waals surface area contributed by atoms with Gasteiger partial charge in [-0.1, -0.05) is 12.1 Å². The molecule has 2 aromatic heterocycles. The van der Waals surface area contributed by atoms with E-state index in [1.54, 1.807) is 53.0 Å². The lowest BCUT2D eigenvalue weighted by molar-refractivity contribution is -0.116. The van der Waals surface area contributed by atoms with E-state index in [-0.39, 0.29) is 23.9 Å². The van der Waals surface area contributed by atoms with Crippen molar-refractivity contribution in [1.82, 2.24) is 19.8 Å². The Balaban J connectivity index is 1.37. The van der Waals surface area contributed by atoms with Gasteiger partial charge in [-0.2, -0.15) is 4.52 Å². The molecule has 0 aliphatic rings. The maximum Gasteiger partial charge on any atom is 0.224 e. The molecule has 0 bridgehead atoms. The number of halogens is 1. The third-order valence-corrected chi connectivity index (χ3v) is 4.87. The maximum atomic E-state index is 13.0. The number of nitrogens with one attached hydrogen (secondary N) is 2. The van der Waals surface area contributed by atoms with Crippen LogP contribution in [0.5, 0.6) is 0 Å². The summed E-state index contributed by atoms with van der Waals surface area (Å²) in [7, 11) is 0. The highest BCUT2D eigenvalue weighted by atomic mass is 19.1. The number of hydrogen-bond donors (Lipinski definition) is 2. The lowest BCUT2D eigenvalue weighted by Crippen LogP contribution is -2.14. The molecule has 1 amide bonds. The van der Waals surface area contributed by atoms with E-state index < -0.39 is 0 Å². The summed E-state index contributed by atoms with van der Waals surface area (Å²) in [4.78, 5) is 23.7. The summed E-state index contributed by atoms with van der Waals surface area (Å²) in [6, 6.07) is 16.5. The molecule has 2 N–H and O–H groups in total. The molecule has 0 fully saturated rings. The molecule has 162 valence electrons. The number of carbonyl (C=O) groups excluding carboxylic acids is 2. The van der Waals surface area contributed by atoms with Gasteiger partial charge in [0.15, 0.2) is 17.3 Å². The Bertz CT molecular complexity index is 1250. The first kappa shape index (κ1) is 21.1. The number of rotatable bonds is 8. The predicted octanol–water partition coefficient (Wildman–Crippen LogP) is 3.65. The zero-order valence-corrected chi connectivity index (χ0v) is 17.4. The molecule has 8 nitrogen and oxygen atoms in total. The zero-order chi connectivity index (χ0) is 22.5. The van der Waals surface area contributed by atoms with Crippen molar-refractivity contribution >= 4 is 28.8 Å². The van der Waals surface area contributed by atoms with Crippen LogP contribution in [0.15, 0.2) is 60.7 Å². The van der Waals surface area contributed by atoms with Crippen LogP contribution in [0.2, 0.25) is 0 Å². The van der Waals surface area contributed by atoms with Gasteiger partial charge in [0.1, 0.15) is 11.6 Å². The second-order valence-corrected chi connectivity index (χ2v) is 7.27. The molecule has 0 spiro atoms. The van der Waals surface area contributed by atoms with Gasteiger partial charge in [-0.15, -0.1) is 15.3 Å². The molecule has 9 heteroatoms. The fraction of sp³-hybridized carbons (Fsp3) is 0.174. The summed E-state index contributed by atoms with van der Waals surface area (Å²) in [5.74, 6) is 0.688. The molecule has 0 saturated carbocycles. The Morgan fingerprint density at radius 2 is 1.72 bits per heavy atom.